The van der Waals surface area contributed by atoms with Gasteiger partial charge in [0, 0.05) is 28.7 Å². The maximum atomic E-state index is 16.8. The van der Waals surface area contributed by atoms with E-state index in [1.165, 1.54) is 6.07 Å². The molecule has 4 N–H and O–H groups in total. The number of hydrogen-bond donors (Lipinski definition) is 4. The first-order valence-corrected chi connectivity index (χ1v) is 19.2. The minimum atomic E-state index is -1.53. The van der Waals surface area contributed by atoms with Gasteiger partial charge >= 0.3 is 0 Å². The fourth-order valence-corrected chi connectivity index (χ4v) is 9.56. The zero-order valence-corrected chi connectivity index (χ0v) is 31.6. The van der Waals surface area contributed by atoms with Gasteiger partial charge in [-0.05, 0) is 78.0 Å². The minimum Gasteiger partial charge on any atom is -0.393 e. The van der Waals surface area contributed by atoms with E-state index in [1.54, 1.807) is 24.3 Å². The van der Waals surface area contributed by atoms with Crippen LogP contribution in [0.15, 0.2) is 97.1 Å². The van der Waals surface area contributed by atoms with E-state index in [0.717, 1.165) is 5.56 Å². The Morgan fingerprint density at radius 1 is 0.943 bits per heavy atom. The van der Waals surface area contributed by atoms with Crippen LogP contribution < -0.4 is 10.6 Å². The fraction of sp³-hybridized carbons (Fsp3) is 0.395. The summed E-state index contributed by atoms with van der Waals surface area (Å²) in [5.74, 6) is -2.57. The molecule has 2 heterocycles. The Balaban J connectivity index is 1.56. The van der Waals surface area contributed by atoms with Gasteiger partial charge in [0.15, 0.2) is 0 Å². The van der Waals surface area contributed by atoms with Gasteiger partial charge in [-0.15, -0.1) is 0 Å². The molecule has 4 aromatic rings. The highest BCUT2D eigenvalue weighted by Gasteiger charge is 2.70. The molecule has 0 radical (unpaired) electrons. The number of hydrogen-bond acceptors (Lipinski definition) is 5. The van der Waals surface area contributed by atoms with Gasteiger partial charge in [0.2, 0.25) is 11.8 Å². The van der Waals surface area contributed by atoms with E-state index in [0.29, 0.717) is 53.9 Å². The minimum absolute atomic E-state index is 0.123. The van der Waals surface area contributed by atoms with Crippen molar-refractivity contribution in [1.82, 2.24) is 10.2 Å². The van der Waals surface area contributed by atoms with Gasteiger partial charge < -0.3 is 20.8 Å². The quantitative estimate of drug-likeness (QED) is 0.145. The van der Waals surface area contributed by atoms with Crippen LogP contribution >= 0.6 is 23.2 Å². The Labute approximate surface area is 320 Å². The fourth-order valence-electron chi connectivity index (χ4n) is 9.21. The van der Waals surface area contributed by atoms with Gasteiger partial charge in [-0.25, -0.2) is 4.39 Å². The van der Waals surface area contributed by atoms with Crippen molar-refractivity contribution in [2.45, 2.75) is 101 Å². The van der Waals surface area contributed by atoms with Crippen LogP contribution in [-0.4, -0.2) is 51.2 Å². The van der Waals surface area contributed by atoms with Crippen LogP contribution in [0.5, 0.6) is 0 Å². The van der Waals surface area contributed by atoms with Crippen LogP contribution in [0, 0.1) is 11.2 Å². The number of fused-ring (bicyclic) bond motifs is 2. The first-order valence-electron chi connectivity index (χ1n) is 18.4. The first kappa shape index (κ1) is 37.5. The molecule has 4 aromatic carbocycles. The summed E-state index contributed by atoms with van der Waals surface area (Å²) in [6, 6.07) is 25.7. The Morgan fingerprint density at radius 2 is 1.58 bits per heavy atom. The smallest absolute Gasteiger partial charge is 0.238 e. The Morgan fingerprint density at radius 3 is 2.23 bits per heavy atom. The number of carbonyl (C=O) groups is 2. The number of likely N-dealkylation sites (tertiary alicyclic amines) is 1. The molecule has 1 saturated carbocycles. The topological polar surface area (TPSA) is 102 Å². The number of aliphatic hydroxyl groups excluding tert-OH is 2. The molecule has 3 aliphatic rings. The molecule has 1 spiro atoms. The molecule has 1 aliphatic carbocycles. The number of halogens is 3. The average Bonchev–Trinajstić information content (AvgIpc) is 3.57. The molecule has 0 bridgehead atoms. The van der Waals surface area contributed by atoms with Crippen LogP contribution in [-0.2, 0) is 15.0 Å². The third kappa shape index (κ3) is 6.89. The molecule has 6 atom stereocenters. The van der Waals surface area contributed by atoms with Crippen molar-refractivity contribution < 1.29 is 24.2 Å². The van der Waals surface area contributed by atoms with Gasteiger partial charge in [0.25, 0.3) is 0 Å². The summed E-state index contributed by atoms with van der Waals surface area (Å²) < 4.78 is 16.8. The first-order chi connectivity index (χ1) is 25.3. The highest BCUT2D eigenvalue weighted by molar-refractivity contribution is 6.31. The molecule has 2 amide bonds. The van der Waals surface area contributed by atoms with Gasteiger partial charge in [-0.1, -0.05) is 123 Å². The number of anilines is 1. The summed E-state index contributed by atoms with van der Waals surface area (Å²) in [6.07, 6.45) is 1.02. The van der Waals surface area contributed by atoms with Crippen molar-refractivity contribution in [3.05, 3.63) is 135 Å². The SMILES string of the molecule is CC(C)(C)C[C@@H]1N([C@@H](c2ccccc2)[C@H](O)c2ccccc2)[C@H](C(=O)NC2CCC(O)CC2)[C@@H](c2cccc(Cl)c2F)[C@]12C(=O)Nc1cc(Cl)ccc12. The van der Waals surface area contributed by atoms with Crippen LogP contribution in [0.4, 0.5) is 10.1 Å². The predicted octanol–water partition coefficient (Wildman–Crippen LogP) is 8.49. The van der Waals surface area contributed by atoms with E-state index in [2.05, 4.69) is 31.4 Å². The highest BCUT2D eigenvalue weighted by Crippen LogP contribution is 2.63. The standard InChI is InChI=1S/C43H46Cl2FN3O4/c1-42(2,3)24-34-43(31-22-17-27(44)23-33(31)48-41(43)53)35(30-15-10-16-32(45)36(30)46)38(40(52)47-28-18-20-29(50)21-19-28)49(34)37(25-11-6-4-7-12-25)39(51)26-13-8-5-9-14-26/h4-17,22-23,28-29,34-35,37-39,50-51H,18-21,24H2,1-3H3,(H,47,52)(H,48,53)/t28?,29?,34-,35+,37-,38-,39+,43+/m0/s1. The van der Waals surface area contributed by atoms with Crippen molar-refractivity contribution in [3.63, 3.8) is 0 Å². The summed E-state index contributed by atoms with van der Waals surface area (Å²) >= 11 is 13.1. The van der Waals surface area contributed by atoms with E-state index in [9.17, 15) is 10.2 Å². The summed E-state index contributed by atoms with van der Waals surface area (Å²) in [4.78, 5) is 32.6. The highest BCUT2D eigenvalue weighted by atomic mass is 35.5. The second-order valence-electron chi connectivity index (χ2n) is 16.0. The van der Waals surface area contributed by atoms with Gasteiger partial charge in [0.1, 0.15) is 11.2 Å². The van der Waals surface area contributed by atoms with Crippen LogP contribution in [0.3, 0.4) is 0 Å². The van der Waals surface area contributed by atoms with Gasteiger partial charge in [-0.3, -0.25) is 14.5 Å². The maximum absolute atomic E-state index is 16.8. The largest absolute Gasteiger partial charge is 0.393 e. The molecule has 0 unspecified atom stereocenters. The number of aliphatic hydroxyl groups is 2. The van der Waals surface area contributed by atoms with Gasteiger partial charge in [-0.2, -0.15) is 0 Å². The maximum Gasteiger partial charge on any atom is 0.238 e. The predicted molar refractivity (Wildman–Crippen MR) is 206 cm³/mol. The summed E-state index contributed by atoms with van der Waals surface area (Å²) in [5, 5.41) is 29.6. The second kappa shape index (κ2) is 14.8. The molecule has 7 nitrogen and oxygen atoms in total. The van der Waals surface area contributed by atoms with Crippen molar-refractivity contribution in [2.24, 2.45) is 5.41 Å². The number of carbonyl (C=O) groups excluding carboxylic acids is 2. The third-order valence-electron chi connectivity index (χ3n) is 11.4. The second-order valence-corrected chi connectivity index (χ2v) is 16.9. The van der Waals surface area contributed by atoms with Crippen molar-refractivity contribution in [2.75, 3.05) is 5.32 Å². The molecule has 0 aromatic heterocycles. The molecule has 2 fully saturated rings. The molecular formula is C43H46Cl2FN3O4. The lowest BCUT2D eigenvalue weighted by Crippen LogP contribution is -2.54. The molecular weight excluding hydrogens is 712 g/mol. The number of rotatable bonds is 8. The molecule has 1 saturated heterocycles. The monoisotopic (exact) mass is 757 g/mol. The Hall–Kier alpha value is -3.79. The third-order valence-corrected chi connectivity index (χ3v) is 11.9. The Kier molecular flexibility index (Phi) is 10.5. The van der Waals surface area contributed by atoms with Gasteiger partial charge in [0.05, 0.1) is 29.3 Å². The van der Waals surface area contributed by atoms with Crippen molar-refractivity contribution in [3.8, 4) is 0 Å². The van der Waals surface area contributed by atoms with Crippen LogP contribution in [0.1, 0.15) is 93.2 Å². The lowest BCUT2D eigenvalue weighted by Gasteiger charge is -2.44. The van der Waals surface area contributed by atoms with E-state index < -0.39 is 52.9 Å². The zero-order valence-electron chi connectivity index (χ0n) is 30.1. The molecule has 2 aliphatic heterocycles. The van der Waals surface area contributed by atoms with Crippen molar-refractivity contribution in [1.29, 1.82) is 0 Å². The lowest BCUT2D eigenvalue weighted by molar-refractivity contribution is -0.130. The van der Waals surface area contributed by atoms with Crippen LogP contribution in [0.25, 0.3) is 0 Å². The van der Waals surface area contributed by atoms with E-state index in [1.807, 2.05) is 71.6 Å². The Bertz CT molecular complexity index is 1970. The summed E-state index contributed by atoms with van der Waals surface area (Å²) in [7, 11) is 0. The van der Waals surface area contributed by atoms with E-state index >= 15 is 14.0 Å². The van der Waals surface area contributed by atoms with Crippen molar-refractivity contribution >= 4 is 40.7 Å². The van der Waals surface area contributed by atoms with E-state index in [-0.39, 0.29) is 28.4 Å². The molecule has 278 valence electrons. The number of nitrogens with one attached hydrogen (secondary N) is 2. The number of nitrogens with zero attached hydrogens (tertiary/aromatic N) is 1. The van der Waals surface area contributed by atoms with E-state index in [4.69, 9.17) is 23.2 Å². The van der Waals surface area contributed by atoms with Crippen LogP contribution in [0.2, 0.25) is 10.0 Å². The molecule has 10 heteroatoms. The molecule has 7 rings (SSSR count). The molecule has 53 heavy (non-hydrogen) atoms. The summed E-state index contributed by atoms with van der Waals surface area (Å²) in [6.45, 7) is 6.24. The zero-order chi connectivity index (χ0) is 37.7. The lowest BCUT2D eigenvalue weighted by atomic mass is 9.62. The normalized spacial score (nSPS) is 26.9. The number of amides is 2. The summed E-state index contributed by atoms with van der Waals surface area (Å²) in [5.41, 5.74) is 0.657. The number of benzene rings is 4. The average molecular weight is 759 g/mol.